The smallest absolute Gasteiger partial charge is 0.0931 e. The second-order valence-corrected chi connectivity index (χ2v) is 7.22. The molecule has 0 heterocycles. The van der Waals surface area contributed by atoms with E-state index >= 15 is 0 Å². The number of hydrogen-bond acceptors (Lipinski definition) is 0. The van der Waals surface area contributed by atoms with E-state index in [9.17, 15) is 0 Å². The second-order valence-electron chi connectivity index (χ2n) is 3.75. The Bertz CT molecular complexity index is 527. The Morgan fingerprint density at radius 2 is 1.39 bits per heavy atom. The fourth-order valence-electron chi connectivity index (χ4n) is 1.57. The van der Waals surface area contributed by atoms with Gasteiger partial charge < -0.3 is 0 Å². The van der Waals surface area contributed by atoms with Crippen LogP contribution in [-0.2, 0) is 0 Å². The molecule has 0 aliphatic heterocycles. The van der Waals surface area contributed by atoms with Gasteiger partial charge in [0.15, 0.2) is 8.67 Å². The summed E-state index contributed by atoms with van der Waals surface area (Å²) >= 11 is 36.6. The molecule has 0 atom stereocenters. The van der Waals surface area contributed by atoms with Crippen LogP contribution in [0.15, 0.2) is 46.5 Å². The van der Waals surface area contributed by atoms with Gasteiger partial charge >= 0.3 is 0 Å². The first-order valence-electron chi connectivity index (χ1n) is 4.87. The molecule has 0 N–H and O–H groups in total. The quantitative estimate of drug-likeness (QED) is 0.528. The molecule has 0 amide bonds. The van der Waals surface area contributed by atoms with Gasteiger partial charge in [-0.2, -0.15) is 0 Å². The normalized spacial score (nSPS) is 21.8. The molecule has 1 aromatic rings. The molecule has 0 bridgehead atoms. The molecule has 0 saturated carbocycles. The van der Waals surface area contributed by atoms with Crippen LogP contribution in [0.4, 0.5) is 0 Å². The lowest BCUT2D eigenvalue weighted by atomic mass is 9.98. The van der Waals surface area contributed by atoms with Crippen LogP contribution in [0.5, 0.6) is 0 Å². The Labute approximate surface area is 135 Å². The number of benzene rings is 1. The van der Waals surface area contributed by atoms with Crippen LogP contribution in [0.2, 0.25) is 0 Å². The molecule has 0 spiro atoms. The van der Waals surface area contributed by atoms with Gasteiger partial charge in [0.1, 0.15) is 0 Å². The summed E-state index contributed by atoms with van der Waals surface area (Å²) in [4.78, 5) is 0. The van der Waals surface area contributed by atoms with E-state index in [0.29, 0.717) is 5.57 Å². The molecule has 0 radical (unpaired) electrons. The maximum Gasteiger partial charge on any atom is 0.191 e. The van der Waals surface area contributed by atoms with Crippen LogP contribution in [0, 0.1) is 0 Å². The Morgan fingerprint density at radius 3 is 1.94 bits per heavy atom. The van der Waals surface area contributed by atoms with Crippen LogP contribution < -0.4 is 0 Å². The van der Waals surface area contributed by atoms with Crippen molar-refractivity contribution < 1.29 is 0 Å². The molecule has 1 aromatic carbocycles. The highest BCUT2D eigenvalue weighted by Gasteiger charge is 2.52. The Kier molecular flexibility index (Phi) is 4.19. The van der Waals surface area contributed by atoms with E-state index in [1.54, 1.807) is 0 Å². The monoisotopic (exact) mass is 360 g/mol. The highest BCUT2D eigenvalue weighted by atomic mass is 35.5. The molecule has 18 heavy (non-hydrogen) atoms. The SMILES string of the molecule is ClC1=C(Cl)C(Cl)(Cl)C(Cl)(Cl)C=C1c1ccccc1. The molecular weight excluding hydrogens is 357 g/mol. The van der Waals surface area contributed by atoms with Crippen molar-refractivity contribution in [1.82, 2.24) is 0 Å². The van der Waals surface area contributed by atoms with Gasteiger partial charge in [-0.05, 0) is 11.6 Å². The van der Waals surface area contributed by atoms with E-state index in [1.807, 2.05) is 30.3 Å². The van der Waals surface area contributed by atoms with E-state index < -0.39 is 8.67 Å². The Balaban J connectivity index is 2.61. The van der Waals surface area contributed by atoms with E-state index in [-0.39, 0.29) is 10.1 Å². The van der Waals surface area contributed by atoms with Gasteiger partial charge in [-0.15, -0.1) is 0 Å². The highest BCUT2D eigenvalue weighted by Crippen LogP contribution is 2.56. The number of rotatable bonds is 1. The average molecular weight is 363 g/mol. The van der Waals surface area contributed by atoms with Crippen LogP contribution in [0.3, 0.4) is 0 Å². The van der Waals surface area contributed by atoms with Crippen molar-refractivity contribution in [1.29, 1.82) is 0 Å². The van der Waals surface area contributed by atoms with Crippen LogP contribution in [-0.4, -0.2) is 8.67 Å². The maximum absolute atomic E-state index is 6.17. The Hall–Kier alpha value is 0.440. The first-order valence-corrected chi connectivity index (χ1v) is 7.14. The van der Waals surface area contributed by atoms with Crippen molar-refractivity contribution in [3.63, 3.8) is 0 Å². The minimum atomic E-state index is -1.67. The summed E-state index contributed by atoms with van der Waals surface area (Å²) in [5, 5.41) is 0.253. The van der Waals surface area contributed by atoms with Crippen LogP contribution in [0.25, 0.3) is 5.57 Å². The van der Waals surface area contributed by atoms with Gasteiger partial charge in [0.25, 0.3) is 0 Å². The van der Waals surface area contributed by atoms with E-state index in [2.05, 4.69) is 0 Å². The van der Waals surface area contributed by atoms with Gasteiger partial charge in [0.2, 0.25) is 0 Å². The predicted molar refractivity (Wildman–Crippen MR) is 82.0 cm³/mol. The third-order valence-corrected chi connectivity index (χ3v) is 5.84. The van der Waals surface area contributed by atoms with E-state index in [0.717, 1.165) is 5.56 Å². The van der Waals surface area contributed by atoms with Gasteiger partial charge in [-0.3, -0.25) is 0 Å². The van der Waals surface area contributed by atoms with Gasteiger partial charge in [-0.25, -0.2) is 0 Å². The fraction of sp³-hybridized carbons (Fsp3) is 0.167. The molecule has 0 unspecified atom stereocenters. The summed E-state index contributed by atoms with van der Waals surface area (Å²) in [6, 6.07) is 9.33. The lowest BCUT2D eigenvalue weighted by Gasteiger charge is -2.35. The fourth-order valence-corrected chi connectivity index (χ4v) is 3.02. The average Bonchev–Trinajstić information content (AvgIpc) is 2.33. The summed E-state index contributed by atoms with van der Waals surface area (Å²) in [6.45, 7) is 0. The first kappa shape index (κ1) is 14.8. The second kappa shape index (κ2) is 5.09. The number of halogens is 6. The van der Waals surface area contributed by atoms with Crippen molar-refractivity contribution in [3.8, 4) is 0 Å². The predicted octanol–water partition coefficient (Wildman–Crippen LogP) is 6.12. The van der Waals surface area contributed by atoms with Gasteiger partial charge in [0, 0.05) is 5.57 Å². The van der Waals surface area contributed by atoms with Crippen molar-refractivity contribution in [2.45, 2.75) is 8.67 Å². The largest absolute Gasteiger partial charge is 0.191 e. The molecule has 96 valence electrons. The zero-order chi connectivity index (χ0) is 13.6. The molecule has 2 rings (SSSR count). The molecule has 0 aromatic heterocycles. The zero-order valence-electron chi connectivity index (χ0n) is 8.73. The first-order chi connectivity index (χ1) is 8.27. The third-order valence-electron chi connectivity index (χ3n) is 2.53. The molecule has 6 heteroatoms. The van der Waals surface area contributed by atoms with E-state index in [1.165, 1.54) is 6.08 Å². The van der Waals surface area contributed by atoms with Crippen LogP contribution in [0.1, 0.15) is 5.56 Å². The topological polar surface area (TPSA) is 0 Å². The lowest BCUT2D eigenvalue weighted by Crippen LogP contribution is -2.38. The number of allylic oxidation sites excluding steroid dienone is 4. The maximum atomic E-state index is 6.17. The molecule has 0 nitrogen and oxygen atoms in total. The van der Waals surface area contributed by atoms with Gasteiger partial charge in [-0.1, -0.05) is 99.9 Å². The standard InChI is InChI=1S/C12H6Cl6/c13-9-8(7-4-2-1-3-5-7)6-11(15,16)12(17,18)10(9)14/h1-6H. The number of hydrogen-bond donors (Lipinski definition) is 0. The summed E-state index contributed by atoms with van der Waals surface area (Å²) in [5.74, 6) is 0. The minimum absolute atomic E-state index is 0.0128. The highest BCUT2D eigenvalue weighted by molar-refractivity contribution is 6.69. The Morgan fingerprint density at radius 1 is 0.833 bits per heavy atom. The summed E-state index contributed by atoms with van der Waals surface area (Å²) < 4.78 is -3.23. The van der Waals surface area contributed by atoms with Crippen molar-refractivity contribution in [2.75, 3.05) is 0 Å². The molecule has 1 aliphatic carbocycles. The minimum Gasteiger partial charge on any atom is -0.0931 e. The van der Waals surface area contributed by atoms with E-state index in [4.69, 9.17) is 69.6 Å². The number of alkyl halides is 4. The third kappa shape index (κ3) is 2.40. The molecule has 0 fully saturated rings. The zero-order valence-corrected chi connectivity index (χ0v) is 13.3. The molecular formula is C12H6Cl6. The van der Waals surface area contributed by atoms with Crippen molar-refractivity contribution in [2.24, 2.45) is 0 Å². The summed E-state index contributed by atoms with van der Waals surface area (Å²) in [6.07, 6.45) is 1.50. The van der Waals surface area contributed by atoms with Gasteiger partial charge in [0.05, 0.1) is 10.1 Å². The summed E-state index contributed by atoms with van der Waals surface area (Å²) in [7, 11) is 0. The van der Waals surface area contributed by atoms with Crippen LogP contribution >= 0.6 is 69.6 Å². The van der Waals surface area contributed by atoms with Crippen molar-refractivity contribution in [3.05, 3.63) is 52.0 Å². The summed E-state index contributed by atoms with van der Waals surface area (Å²) in [5.41, 5.74) is 1.43. The molecule has 0 saturated heterocycles. The molecule has 1 aliphatic rings. The lowest BCUT2D eigenvalue weighted by molar-refractivity contribution is 0.881. The van der Waals surface area contributed by atoms with Crippen molar-refractivity contribution >= 4 is 75.2 Å².